The van der Waals surface area contributed by atoms with E-state index in [9.17, 15) is 4.39 Å². The largest absolute Gasteiger partial charge is 0.323 e. The summed E-state index contributed by atoms with van der Waals surface area (Å²) in [4.78, 5) is 6.22. The fraction of sp³-hybridized carbons (Fsp3) is 0.312. The van der Waals surface area contributed by atoms with Crippen molar-refractivity contribution in [2.24, 2.45) is 0 Å². The molecule has 0 fully saturated rings. The summed E-state index contributed by atoms with van der Waals surface area (Å²) in [6.45, 7) is 4.15. The lowest BCUT2D eigenvalue weighted by atomic mass is 10.2. The number of aromatic nitrogens is 1. The van der Waals surface area contributed by atoms with E-state index in [2.05, 4.69) is 16.4 Å². The molecule has 0 bridgehead atoms. The van der Waals surface area contributed by atoms with Crippen LogP contribution in [0.15, 0.2) is 36.5 Å². The highest BCUT2D eigenvalue weighted by molar-refractivity contribution is 5.68. The van der Waals surface area contributed by atoms with E-state index >= 15 is 0 Å². The molecule has 0 atom stereocenters. The predicted octanol–water partition coefficient (Wildman–Crippen LogP) is 3.02. The van der Waals surface area contributed by atoms with Crippen molar-refractivity contribution in [2.75, 3.05) is 18.0 Å². The maximum absolute atomic E-state index is 14.6. The zero-order chi connectivity index (χ0) is 13.9. The van der Waals surface area contributed by atoms with Crippen LogP contribution in [0.5, 0.6) is 0 Å². The maximum Gasteiger partial charge on any atom is 0.170 e. The summed E-state index contributed by atoms with van der Waals surface area (Å²) in [5, 5.41) is 3.16. The Kier molecular flexibility index (Phi) is 3.65. The summed E-state index contributed by atoms with van der Waals surface area (Å²) in [5.41, 5.74) is 2.99. The molecule has 3 nitrogen and oxygen atoms in total. The number of halogens is 1. The topological polar surface area (TPSA) is 28.2 Å². The lowest BCUT2D eigenvalue weighted by molar-refractivity contribution is 0.586. The first-order valence-electron chi connectivity index (χ1n) is 7.00. The van der Waals surface area contributed by atoms with Crippen molar-refractivity contribution in [1.82, 2.24) is 10.3 Å². The number of nitrogens with one attached hydrogen (secondary N) is 1. The van der Waals surface area contributed by atoms with E-state index in [1.54, 1.807) is 12.3 Å². The summed E-state index contributed by atoms with van der Waals surface area (Å²) >= 11 is 0. The van der Waals surface area contributed by atoms with E-state index in [-0.39, 0.29) is 5.82 Å². The molecule has 0 unspecified atom stereocenters. The number of nitrogens with zero attached hydrogens (tertiary/aromatic N) is 2. The monoisotopic (exact) mass is 271 g/mol. The van der Waals surface area contributed by atoms with Gasteiger partial charge < -0.3 is 10.2 Å². The Morgan fingerprint density at radius 3 is 3.00 bits per heavy atom. The minimum atomic E-state index is -0.217. The number of fused-ring (bicyclic) bond motifs is 1. The van der Waals surface area contributed by atoms with Gasteiger partial charge in [-0.2, -0.15) is 0 Å². The fourth-order valence-electron chi connectivity index (χ4n) is 2.61. The van der Waals surface area contributed by atoms with Gasteiger partial charge in [0.05, 0.1) is 0 Å². The third-order valence-electron chi connectivity index (χ3n) is 3.66. The lowest BCUT2D eigenvalue weighted by Crippen LogP contribution is -2.19. The zero-order valence-electron chi connectivity index (χ0n) is 11.6. The number of benzene rings is 1. The van der Waals surface area contributed by atoms with Gasteiger partial charge in [-0.3, -0.25) is 0 Å². The fourth-order valence-corrected chi connectivity index (χ4v) is 2.61. The number of rotatable bonds is 4. The molecule has 4 heteroatoms. The first kappa shape index (κ1) is 13.1. The van der Waals surface area contributed by atoms with Gasteiger partial charge in [0, 0.05) is 30.5 Å². The summed E-state index contributed by atoms with van der Waals surface area (Å²) < 4.78 is 14.6. The zero-order valence-corrected chi connectivity index (χ0v) is 11.6. The number of para-hydroxylation sites is 1. The van der Waals surface area contributed by atoms with Gasteiger partial charge >= 0.3 is 0 Å². The van der Waals surface area contributed by atoms with Gasteiger partial charge in [0.1, 0.15) is 0 Å². The van der Waals surface area contributed by atoms with E-state index in [4.69, 9.17) is 0 Å². The summed E-state index contributed by atoms with van der Waals surface area (Å²) in [6.07, 6.45) is 2.63. The smallest absolute Gasteiger partial charge is 0.170 e. The second kappa shape index (κ2) is 5.59. The van der Waals surface area contributed by atoms with Crippen LogP contribution in [0.4, 0.5) is 15.9 Å². The van der Waals surface area contributed by atoms with Gasteiger partial charge in [-0.05, 0) is 30.7 Å². The van der Waals surface area contributed by atoms with Crippen molar-refractivity contribution in [3.8, 4) is 0 Å². The van der Waals surface area contributed by atoms with Gasteiger partial charge in [-0.1, -0.05) is 25.1 Å². The average Bonchev–Trinajstić information content (AvgIpc) is 2.90. The highest BCUT2D eigenvalue weighted by Gasteiger charge is 2.24. The van der Waals surface area contributed by atoms with Crippen LogP contribution in [0.3, 0.4) is 0 Å². The molecule has 0 amide bonds. The SMILES string of the molecule is CCNCc1ccnc(N2CCc3ccccc32)c1F. The molecular weight excluding hydrogens is 253 g/mol. The highest BCUT2D eigenvalue weighted by atomic mass is 19.1. The van der Waals surface area contributed by atoms with Crippen LogP contribution in [0.1, 0.15) is 18.1 Å². The van der Waals surface area contributed by atoms with Crippen LogP contribution in [-0.4, -0.2) is 18.1 Å². The van der Waals surface area contributed by atoms with Gasteiger partial charge in [0.15, 0.2) is 11.6 Å². The van der Waals surface area contributed by atoms with Crippen molar-refractivity contribution < 1.29 is 4.39 Å². The number of anilines is 2. The third kappa shape index (κ3) is 2.27. The summed E-state index contributed by atoms with van der Waals surface area (Å²) in [7, 11) is 0. The quantitative estimate of drug-likeness (QED) is 0.926. The highest BCUT2D eigenvalue weighted by Crippen LogP contribution is 2.34. The molecule has 0 aliphatic carbocycles. The third-order valence-corrected chi connectivity index (χ3v) is 3.66. The van der Waals surface area contributed by atoms with Gasteiger partial charge in [-0.15, -0.1) is 0 Å². The van der Waals surface area contributed by atoms with Crippen molar-refractivity contribution >= 4 is 11.5 Å². The first-order chi connectivity index (χ1) is 9.81. The van der Waals surface area contributed by atoms with Crippen LogP contribution in [0.25, 0.3) is 0 Å². The van der Waals surface area contributed by atoms with Crippen molar-refractivity contribution in [3.63, 3.8) is 0 Å². The van der Waals surface area contributed by atoms with Crippen molar-refractivity contribution in [3.05, 3.63) is 53.5 Å². The molecule has 2 aromatic rings. The minimum Gasteiger partial charge on any atom is -0.323 e. The van der Waals surface area contributed by atoms with Crippen LogP contribution in [0.2, 0.25) is 0 Å². The van der Waals surface area contributed by atoms with E-state index in [0.29, 0.717) is 17.9 Å². The van der Waals surface area contributed by atoms with E-state index in [0.717, 1.165) is 25.2 Å². The van der Waals surface area contributed by atoms with Gasteiger partial charge in [0.25, 0.3) is 0 Å². The maximum atomic E-state index is 14.6. The molecule has 1 aliphatic heterocycles. The molecule has 2 heterocycles. The molecule has 1 N–H and O–H groups in total. The standard InChI is InChI=1S/C16H18FN3/c1-2-18-11-13-7-9-19-16(15(13)17)20-10-8-12-5-3-4-6-14(12)20/h3-7,9,18H,2,8,10-11H2,1H3. The molecule has 0 saturated carbocycles. The average molecular weight is 271 g/mol. The van der Waals surface area contributed by atoms with Gasteiger partial charge in [-0.25, -0.2) is 9.37 Å². The van der Waals surface area contributed by atoms with Crippen LogP contribution in [-0.2, 0) is 13.0 Å². The van der Waals surface area contributed by atoms with E-state index in [1.165, 1.54) is 5.56 Å². The van der Waals surface area contributed by atoms with E-state index < -0.39 is 0 Å². The van der Waals surface area contributed by atoms with Crippen molar-refractivity contribution in [2.45, 2.75) is 19.9 Å². The Labute approximate surface area is 118 Å². The van der Waals surface area contributed by atoms with Crippen LogP contribution in [0, 0.1) is 5.82 Å². The van der Waals surface area contributed by atoms with Crippen molar-refractivity contribution in [1.29, 1.82) is 0 Å². The molecule has 104 valence electrons. The molecule has 0 spiro atoms. The molecule has 0 saturated heterocycles. The normalized spacial score (nSPS) is 13.6. The summed E-state index contributed by atoms with van der Waals surface area (Å²) in [5.74, 6) is 0.218. The summed E-state index contributed by atoms with van der Waals surface area (Å²) in [6, 6.07) is 9.87. The molecular formula is C16H18FN3. The second-order valence-corrected chi connectivity index (χ2v) is 4.92. The molecule has 1 aromatic heterocycles. The molecule has 1 aliphatic rings. The Morgan fingerprint density at radius 1 is 1.30 bits per heavy atom. The molecule has 1 aromatic carbocycles. The Balaban J connectivity index is 1.96. The number of hydrogen-bond donors (Lipinski definition) is 1. The minimum absolute atomic E-state index is 0.217. The Morgan fingerprint density at radius 2 is 2.15 bits per heavy atom. The Bertz CT molecular complexity index is 612. The van der Waals surface area contributed by atoms with Crippen LogP contribution < -0.4 is 10.2 Å². The Hall–Kier alpha value is -1.94. The van der Waals surface area contributed by atoms with E-state index in [1.807, 2.05) is 30.0 Å². The number of pyridine rings is 1. The lowest BCUT2D eigenvalue weighted by Gasteiger charge is -2.20. The van der Waals surface area contributed by atoms with Gasteiger partial charge in [0.2, 0.25) is 0 Å². The number of hydrogen-bond acceptors (Lipinski definition) is 3. The predicted molar refractivity (Wildman–Crippen MR) is 78.7 cm³/mol. The molecule has 20 heavy (non-hydrogen) atoms. The second-order valence-electron chi connectivity index (χ2n) is 4.92. The molecule has 0 radical (unpaired) electrons. The molecule has 3 rings (SSSR count). The van der Waals surface area contributed by atoms with Crippen LogP contribution >= 0.6 is 0 Å². The first-order valence-corrected chi connectivity index (χ1v) is 7.00.